The lowest BCUT2D eigenvalue weighted by Gasteiger charge is -2.22. The molecule has 6 heteroatoms. The third-order valence-corrected chi connectivity index (χ3v) is 4.45. The molecule has 2 heterocycles. The van der Waals surface area contributed by atoms with E-state index in [1.807, 2.05) is 19.1 Å². The molecule has 1 N–H and O–H groups in total. The molecule has 1 fully saturated rings. The van der Waals surface area contributed by atoms with Gasteiger partial charge in [0.1, 0.15) is 22.7 Å². The third-order valence-electron chi connectivity index (χ3n) is 3.23. The minimum absolute atomic E-state index is 0.132. The number of carbonyl (C=O) groups excluding carboxylic acids is 1. The van der Waals surface area contributed by atoms with Crippen molar-refractivity contribution in [2.45, 2.75) is 12.3 Å². The Hall–Kier alpha value is -1.95. The number of nitrogens with zero attached hydrogens (tertiary/aromatic N) is 1. The van der Waals surface area contributed by atoms with Crippen LogP contribution in [0.1, 0.15) is 16.9 Å². The molecule has 0 unspecified atom stereocenters. The molecule has 4 nitrogen and oxygen atoms in total. The van der Waals surface area contributed by atoms with Gasteiger partial charge < -0.3 is 14.6 Å². The second-order valence-corrected chi connectivity index (χ2v) is 5.99. The van der Waals surface area contributed by atoms with Gasteiger partial charge in [-0.25, -0.2) is 9.18 Å². The number of halogens is 1. The summed E-state index contributed by atoms with van der Waals surface area (Å²) in [5.41, 5.74) is 0.450. The molecular weight excluding hydrogens is 291 g/mol. The van der Waals surface area contributed by atoms with Crippen molar-refractivity contribution in [1.82, 2.24) is 4.90 Å². The summed E-state index contributed by atoms with van der Waals surface area (Å²) < 4.78 is 18.8. The van der Waals surface area contributed by atoms with Crippen molar-refractivity contribution in [2.75, 3.05) is 17.6 Å². The van der Waals surface area contributed by atoms with Crippen LogP contribution >= 0.6 is 11.8 Å². The molecule has 1 aliphatic rings. The molecule has 0 aliphatic carbocycles. The van der Waals surface area contributed by atoms with Crippen molar-refractivity contribution in [3.8, 4) is 0 Å². The van der Waals surface area contributed by atoms with Gasteiger partial charge in [0, 0.05) is 18.0 Å². The predicted octanol–water partition coefficient (Wildman–Crippen LogP) is 4.01. The number of nitrogens with one attached hydrogen (secondary N) is 1. The highest BCUT2D eigenvalue weighted by Gasteiger charge is 2.32. The first-order valence-electron chi connectivity index (χ1n) is 6.64. The van der Waals surface area contributed by atoms with Crippen molar-refractivity contribution in [3.63, 3.8) is 0 Å². The fourth-order valence-electron chi connectivity index (χ4n) is 2.26. The van der Waals surface area contributed by atoms with E-state index in [0.29, 0.717) is 12.2 Å². The average Bonchev–Trinajstić information content (AvgIpc) is 3.06. The molecule has 1 atom stereocenters. The summed E-state index contributed by atoms with van der Waals surface area (Å²) in [6, 6.07) is 9.40. The molecule has 0 bridgehead atoms. The molecule has 2 amide bonds. The van der Waals surface area contributed by atoms with E-state index in [0.717, 1.165) is 17.3 Å². The molecule has 3 rings (SSSR count). The quantitative estimate of drug-likeness (QED) is 0.912. The van der Waals surface area contributed by atoms with Gasteiger partial charge in [-0.1, -0.05) is 6.07 Å². The van der Waals surface area contributed by atoms with Crippen LogP contribution in [-0.4, -0.2) is 23.2 Å². The number of hydrogen-bond donors (Lipinski definition) is 1. The number of urea groups is 1. The number of furan rings is 1. The molecule has 2 aromatic rings. The standard InChI is InChI=1S/C15H15FN2O2S/c1-10-5-6-13(20-10)14-18(7-8-21-14)15(19)17-12-4-2-3-11(16)9-12/h2-6,9,14H,7-8H2,1H3,(H,17,19)/t14-/m0/s1. The second kappa shape index (κ2) is 5.81. The number of aryl methyl sites for hydroxylation is 1. The van der Waals surface area contributed by atoms with Crippen LogP contribution in [0.4, 0.5) is 14.9 Å². The van der Waals surface area contributed by atoms with Gasteiger partial charge in [-0.3, -0.25) is 0 Å². The minimum atomic E-state index is -0.373. The van der Waals surface area contributed by atoms with Gasteiger partial charge in [0.15, 0.2) is 0 Å². The van der Waals surface area contributed by atoms with Gasteiger partial charge in [-0.15, -0.1) is 11.8 Å². The first kappa shape index (κ1) is 14.0. The summed E-state index contributed by atoms with van der Waals surface area (Å²) in [7, 11) is 0. The average molecular weight is 306 g/mol. The summed E-state index contributed by atoms with van der Waals surface area (Å²) in [5, 5.41) is 2.59. The van der Waals surface area contributed by atoms with E-state index in [4.69, 9.17) is 4.42 Å². The van der Waals surface area contributed by atoms with Crippen molar-refractivity contribution in [1.29, 1.82) is 0 Å². The van der Waals surface area contributed by atoms with E-state index in [1.54, 1.807) is 28.8 Å². The molecule has 110 valence electrons. The lowest BCUT2D eigenvalue weighted by atomic mass is 10.3. The van der Waals surface area contributed by atoms with Gasteiger partial charge in [-0.2, -0.15) is 0 Å². The van der Waals surface area contributed by atoms with Crippen LogP contribution in [-0.2, 0) is 0 Å². The third kappa shape index (κ3) is 3.05. The van der Waals surface area contributed by atoms with Crippen LogP contribution < -0.4 is 5.32 Å². The highest BCUT2D eigenvalue weighted by molar-refractivity contribution is 7.99. The van der Waals surface area contributed by atoms with E-state index < -0.39 is 0 Å². The largest absolute Gasteiger partial charge is 0.463 e. The summed E-state index contributed by atoms with van der Waals surface area (Å²) in [5.74, 6) is 2.07. The molecular formula is C15H15FN2O2S. The molecule has 21 heavy (non-hydrogen) atoms. The summed E-state index contributed by atoms with van der Waals surface area (Å²) >= 11 is 1.66. The lowest BCUT2D eigenvalue weighted by Crippen LogP contribution is -2.34. The fourth-order valence-corrected chi connectivity index (χ4v) is 3.46. The number of anilines is 1. The Bertz CT molecular complexity index is 659. The first-order chi connectivity index (χ1) is 10.1. The van der Waals surface area contributed by atoms with Gasteiger partial charge in [0.2, 0.25) is 0 Å². The highest BCUT2D eigenvalue weighted by atomic mass is 32.2. The lowest BCUT2D eigenvalue weighted by molar-refractivity contribution is 0.209. The van der Waals surface area contributed by atoms with Gasteiger partial charge in [0.25, 0.3) is 0 Å². The van der Waals surface area contributed by atoms with Crippen molar-refractivity contribution in [2.24, 2.45) is 0 Å². The van der Waals surface area contributed by atoms with E-state index in [9.17, 15) is 9.18 Å². The van der Waals surface area contributed by atoms with Gasteiger partial charge >= 0.3 is 6.03 Å². The van der Waals surface area contributed by atoms with E-state index in [2.05, 4.69) is 5.32 Å². The second-order valence-electron chi connectivity index (χ2n) is 4.81. The first-order valence-corrected chi connectivity index (χ1v) is 7.69. The number of rotatable bonds is 2. The molecule has 0 radical (unpaired) electrons. The summed E-state index contributed by atoms with van der Waals surface area (Å²) in [4.78, 5) is 14.1. The minimum Gasteiger partial charge on any atom is -0.463 e. The molecule has 1 aliphatic heterocycles. The van der Waals surface area contributed by atoms with E-state index in [-0.39, 0.29) is 17.2 Å². The number of amides is 2. The Labute approximate surface area is 126 Å². The predicted molar refractivity (Wildman–Crippen MR) is 80.8 cm³/mol. The van der Waals surface area contributed by atoms with Crippen LogP contribution in [0.15, 0.2) is 40.8 Å². The number of thioether (sulfide) groups is 1. The van der Waals surface area contributed by atoms with Crippen molar-refractivity contribution >= 4 is 23.5 Å². The number of benzene rings is 1. The van der Waals surface area contributed by atoms with Gasteiger partial charge in [0.05, 0.1) is 0 Å². The number of carbonyl (C=O) groups is 1. The van der Waals surface area contributed by atoms with Crippen LogP contribution in [0.25, 0.3) is 0 Å². The Balaban J connectivity index is 1.74. The summed E-state index contributed by atoms with van der Waals surface area (Å²) in [6.45, 7) is 2.51. The monoisotopic (exact) mass is 306 g/mol. The normalized spacial score (nSPS) is 18.0. The zero-order valence-corrected chi connectivity index (χ0v) is 12.3. The molecule has 1 saturated heterocycles. The topological polar surface area (TPSA) is 45.5 Å². The molecule has 1 aromatic heterocycles. The highest BCUT2D eigenvalue weighted by Crippen LogP contribution is 2.38. The maximum atomic E-state index is 13.2. The fraction of sp³-hybridized carbons (Fsp3) is 0.267. The Morgan fingerprint density at radius 3 is 3.00 bits per heavy atom. The zero-order chi connectivity index (χ0) is 14.8. The summed E-state index contributed by atoms with van der Waals surface area (Å²) in [6.07, 6.45) is 0. The van der Waals surface area contributed by atoms with Crippen molar-refractivity contribution < 1.29 is 13.6 Å². The van der Waals surface area contributed by atoms with Crippen LogP contribution in [0.5, 0.6) is 0 Å². The Kier molecular flexibility index (Phi) is 3.88. The van der Waals surface area contributed by atoms with Gasteiger partial charge in [-0.05, 0) is 37.3 Å². The van der Waals surface area contributed by atoms with Crippen LogP contribution in [0.3, 0.4) is 0 Å². The Morgan fingerprint density at radius 2 is 2.29 bits per heavy atom. The molecule has 0 spiro atoms. The maximum absolute atomic E-state index is 13.2. The van der Waals surface area contributed by atoms with E-state index >= 15 is 0 Å². The molecule has 1 aromatic carbocycles. The van der Waals surface area contributed by atoms with E-state index in [1.165, 1.54) is 12.1 Å². The number of hydrogen-bond acceptors (Lipinski definition) is 3. The van der Waals surface area contributed by atoms with Crippen LogP contribution in [0, 0.1) is 12.7 Å². The van der Waals surface area contributed by atoms with Crippen LogP contribution in [0.2, 0.25) is 0 Å². The molecule has 0 saturated carbocycles. The van der Waals surface area contributed by atoms with Crippen molar-refractivity contribution in [3.05, 3.63) is 53.7 Å². The maximum Gasteiger partial charge on any atom is 0.323 e. The SMILES string of the molecule is Cc1ccc([C@@H]2SCCN2C(=O)Nc2cccc(F)c2)o1. The smallest absolute Gasteiger partial charge is 0.323 e. The zero-order valence-electron chi connectivity index (χ0n) is 11.5. The Morgan fingerprint density at radius 1 is 1.43 bits per heavy atom.